The van der Waals surface area contributed by atoms with Crippen LogP contribution in [-0.4, -0.2) is 25.8 Å². The fraction of sp³-hybridized carbons (Fsp3) is 0.625. The number of hydrogen-bond donors (Lipinski definition) is 1. The molecule has 1 aromatic rings. The van der Waals surface area contributed by atoms with Crippen LogP contribution in [0.15, 0.2) is 18.2 Å². The topological polar surface area (TPSA) is 21.3 Å². The largest absolute Gasteiger partial charge is 0.379 e. The molecular weight excluding hydrogens is 260 g/mol. The van der Waals surface area contributed by atoms with Gasteiger partial charge < -0.3 is 10.1 Å². The first-order valence-electron chi connectivity index (χ1n) is 6.99. The van der Waals surface area contributed by atoms with E-state index in [2.05, 4.69) is 26.1 Å². The van der Waals surface area contributed by atoms with E-state index in [-0.39, 0.29) is 17.6 Å². The Morgan fingerprint density at radius 1 is 1.25 bits per heavy atom. The fourth-order valence-electron chi connectivity index (χ4n) is 2.59. The second-order valence-corrected chi connectivity index (χ2v) is 6.13. The summed E-state index contributed by atoms with van der Waals surface area (Å²) < 4.78 is 32.4. The number of ether oxygens (including phenoxy) is 1. The molecule has 2 nitrogen and oxygen atoms in total. The van der Waals surface area contributed by atoms with Crippen molar-refractivity contribution in [1.82, 2.24) is 5.32 Å². The van der Waals surface area contributed by atoms with Gasteiger partial charge in [0.05, 0.1) is 6.10 Å². The van der Waals surface area contributed by atoms with Crippen molar-refractivity contribution in [3.8, 4) is 0 Å². The molecule has 0 saturated heterocycles. The highest BCUT2D eigenvalue weighted by molar-refractivity contribution is 5.20. The third kappa shape index (κ3) is 4.53. The van der Waals surface area contributed by atoms with Gasteiger partial charge in [0.15, 0.2) is 0 Å². The van der Waals surface area contributed by atoms with Crippen LogP contribution in [0.2, 0.25) is 0 Å². The Morgan fingerprint density at radius 2 is 1.90 bits per heavy atom. The summed E-state index contributed by atoms with van der Waals surface area (Å²) in [4.78, 5) is 0. The number of rotatable bonds is 6. The van der Waals surface area contributed by atoms with Crippen molar-refractivity contribution in [3.63, 3.8) is 0 Å². The van der Waals surface area contributed by atoms with Gasteiger partial charge in [-0.25, -0.2) is 8.78 Å². The van der Waals surface area contributed by atoms with E-state index in [4.69, 9.17) is 4.74 Å². The summed E-state index contributed by atoms with van der Waals surface area (Å²) >= 11 is 0. The SMILES string of the molecule is CCNC(Cc1ccc(F)cc1F)C(OC)C(C)(C)C. The van der Waals surface area contributed by atoms with Gasteiger partial charge in [-0.15, -0.1) is 0 Å². The molecule has 0 heterocycles. The first-order valence-corrected chi connectivity index (χ1v) is 6.99. The Bertz CT molecular complexity index is 429. The molecule has 1 aromatic carbocycles. The minimum absolute atomic E-state index is 0.0232. The summed E-state index contributed by atoms with van der Waals surface area (Å²) in [6.07, 6.45) is 0.405. The maximum atomic E-state index is 13.8. The highest BCUT2D eigenvalue weighted by atomic mass is 19.1. The standard InChI is InChI=1S/C16H25F2NO/c1-6-19-14(15(20-5)16(2,3)4)9-11-7-8-12(17)10-13(11)18/h7-8,10,14-15,19H,6,9H2,1-5H3. The zero-order valence-electron chi connectivity index (χ0n) is 13.0. The molecule has 0 aromatic heterocycles. The quantitative estimate of drug-likeness (QED) is 0.863. The van der Waals surface area contributed by atoms with Gasteiger partial charge >= 0.3 is 0 Å². The molecule has 0 aliphatic heterocycles. The Balaban J connectivity index is 2.96. The van der Waals surface area contributed by atoms with Crippen molar-refractivity contribution in [1.29, 1.82) is 0 Å². The van der Waals surface area contributed by atoms with Gasteiger partial charge in [0.2, 0.25) is 0 Å². The lowest BCUT2D eigenvalue weighted by atomic mass is 9.82. The van der Waals surface area contributed by atoms with E-state index in [1.165, 1.54) is 12.1 Å². The number of benzene rings is 1. The van der Waals surface area contributed by atoms with E-state index in [0.29, 0.717) is 12.0 Å². The molecule has 20 heavy (non-hydrogen) atoms. The van der Waals surface area contributed by atoms with Crippen LogP contribution in [0.3, 0.4) is 0 Å². The Labute approximate surface area is 120 Å². The smallest absolute Gasteiger partial charge is 0.129 e. The van der Waals surface area contributed by atoms with Crippen LogP contribution in [0.5, 0.6) is 0 Å². The number of halogens is 2. The molecule has 0 saturated carbocycles. The van der Waals surface area contributed by atoms with Crippen LogP contribution in [0.4, 0.5) is 8.78 Å². The van der Waals surface area contributed by atoms with Gasteiger partial charge in [0.25, 0.3) is 0 Å². The van der Waals surface area contributed by atoms with Crippen molar-refractivity contribution >= 4 is 0 Å². The van der Waals surface area contributed by atoms with Crippen LogP contribution >= 0.6 is 0 Å². The Morgan fingerprint density at radius 3 is 2.35 bits per heavy atom. The van der Waals surface area contributed by atoms with Crippen molar-refractivity contribution in [3.05, 3.63) is 35.4 Å². The molecule has 0 radical (unpaired) electrons. The van der Waals surface area contributed by atoms with E-state index < -0.39 is 11.6 Å². The summed E-state index contributed by atoms with van der Waals surface area (Å²) in [6, 6.07) is 3.70. The second kappa shape index (κ2) is 7.14. The molecule has 1 rings (SSSR count). The van der Waals surface area contributed by atoms with Gasteiger partial charge in [-0.2, -0.15) is 0 Å². The van der Waals surface area contributed by atoms with Crippen molar-refractivity contribution in [2.24, 2.45) is 5.41 Å². The average molecular weight is 285 g/mol. The number of hydrogen-bond acceptors (Lipinski definition) is 2. The van der Waals surface area contributed by atoms with Crippen LogP contribution in [-0.2, 0) is 11.2 Å². The third-order valence-electron chi connectivity index (χ3n) is 3.39. The highest BCUT2D eigenvalue weighted by Gasteiger charge is 2.32. The number of likely N-dealkylation sites (N-methyl/N-ethyl adjacent to an activating group) is 1. The molecular formula is C16H25F2NO. The van der Waals surface area contributed by atoms with E-state index in [1.54, 1.807) is 7.11 Å². The minimum Gasteiger partial charge on any atom is -0.379 e. The van der Waals surface area contributed by atoms with E-state index in [9.17, 15) is 8.78 Å². The lowest BCUT2D eigenvalue weighted by Crippen LogP contribution is -2.49. The number of methoxy groups -OCH3 is 1. The van der Waals surface area contributed by atoms with E-state index in [0.717, 1.165) is 12.6 Å². The first kappa shape index (κ1) is 17.1. The van der Waals surface area contributed by atoms with Crippen LogP contribution in [0.25, 0.3) is 0 Å². The molecule has 2 unspecified atom stereocenters. The molecule has 114 valence electrons. The summed E-state index contributed by atoms with van der Waals surface area (Å²) in [6.45, 7) is 9.04. The van der Waals surface area contributed by atoms with Crippen LogP contribution < -0.4 is 5.32 Å². The third-order valence-corrected chi connectivity index (χ3v) is 3.39. The van der Waals surface area contributed by atoms with Gasteiger partial charge in [0.1, 0.15) is 11.6 Å². The molecule has 0 spiro atoms. The first-order chi connectivity index (χ1) is 9.29. The molecule has 4 heteroatoms. The molecule has 0 fully saturated rings. The predicted octanol–water partition coefficient (Wildman–Crippen LogP) is 3.55. The average Bonchev–Trinajstić information content (AvgIpc) is 2.32. The van der Waals surface area contributed by atoms with Crippen LogP contribution in [0.1, 0.15) is 33.3 Å². The van der Waals surface area contributed by atoms with Crippen molar-refractivity contribution in [2.45, 2.75) is 46.3 Å². The zero-order valence-corrected chi connectivity index (χ0v) is 13.0. The Hall–Kier alpha value is -1.00. The van der Waals surface area contributed by atoms with E-state index >= 15 is 0 Å². The number of nitrogens with one attached hydrogen (secondary N) is 1. The van der Waals surface area contributed by atoms with Gasteiger partial charge in [-0.05, 0) is 30.0 Å². The normalized spacial score (nSPS) is 15.2. The fourth-order valence-corrected chi connectivity index (χ4v) is 2.59. The molecule has 0 bridgehead atoms. The molecule has 2 atom stereocenters. The van der Waals surface area contributed by atoms with Crippen molar-refractivity contribution in [2.75, 3.05) is 13.7 Å². The lowest BCUT2D eigenvalue weighted by Gasteiger charge is -2.36. The summed E-state index contributed by atoms with van der Waals surface area (Å²) in [5.74, 6) is -1.05. The van der Waals surface area contributed by atoms with Gasteiger partial charge in [-0.1, -0.05) is 33.8 Å². The summed E-state index contributed by atoms with van der Waals surface area (Å²) in [5, 5.41) is 3.35. The maximum Gasteiger partial charge on any atom is 0.129 e. The molecule has 0 aliphatic carbocycles. The van der Waals surface area contributed by atoms with Gasteiger partial charge in [-0.3, -0.25) is 0 Å². The summed E-state index contributed by atoms with van der Waals surface area (Å²) in [5.41, 5.74) is 0.432. The minimum atomic E-state index is -0.551. The monoisotopic (exact) mass is 285 g/mol. The molecule has 0 aliphatic rings. The molecule has 0 amide bonds. The molecule has 1 N–H and O–H groups in total. The predicted molar refractivity (Wildman–Crippen MR) is 77.8 cm³/mol. The van der Waals surface area contributed by atoms with E-state index in [1.807, 2.05) is 6.92 Å². The second-order valence-electron chi connectivity index (χ2n) is 6.13. The lowest BCUT2D eigenvalue weighted by molar-refractivity contribution is -0.0108. The van der Waals surface area contributed by atoms with Crippen LogP contribution in [0, 0.1) is 17.0 Å². The Kier molecular flexibility index (Phi) is 6.08. The summed E-state index contributed by atoms with van der Waals surface area (Å²) in [7, 11) is 1.67. The maximum absolute atomic E-state index is 13.8. The highest BCUT2D eigenvalue weighted by Crippen LogP contribution is 2.26. The zero-order chi connectivity index (χ0) is 15.3. The van der Waals surface area contributed by atoms with Crippen molar-refractivity contribution < 1.29 is 13.5 Å². The van der Waals surface area contributed by atoms with Gasteiger partial charge in [0, 0.05) is 19.2 Å².